The van der Waals surface area contributed by atoms with E-state index in [1.807, 2.05) is 6.21 Å². The van der Waals surface area contributed by atoms with Crippen molar-refractivity contribution in [2.24, 2.45) is 16.8 Å². The number of ether oxygens (including phenoxy) is 1. The van der Waals surface area contributed by atoms with Crippen molar-refractivity contribution in [1.29, 1.82) is 0 Å². The first kappa shape index (κ1) is 17.1. The molecule has 2 unspecified atom stereocenters. The predicted molar refractivity (Wildman–Crippen MR) is 81.1 cm³/mol. The van der Waals surface area contributed by atoms with Gasteiger partial charge in [-0.2, -0.15) is 0 Å². The number of nitrogens with zero attached hydrogens (tertiary/aromatic N) is 1. The Bertz CT molecular complexity index is 281. The SMILES string of the molecule is C=C(CCOCCC)/N=C/C(C(=C)C)C(C)CC. The second kappa shape index (κ2) is 10.1. The van der Waals surface area contributed by atoms with E-state index in [1.54, 1.807) is 0 Å². The van der Waals surface area contributed by atoms with Gasteiger partial charge in [0.1, 0.15) is 0 Å². The van der Waals surface area contributed by atoms with Crippen LogP contribution in [-0.2, 0) is 4.74 Å². The van der Waals surface area contributed by atoms with Gasteiger partial charge in [-0.05, 0) is 19.3 Å². The first-order chi connectivity index (χ1) is 8.52. The molecule has 0 radical (unpaired) electrons. The van der Waals surface area contributed by atoms with Crippen molar-refractivity contribution in [3.8, 4) is 0 Å². The van der Waals surface area contributed by atoms with Crippen LogP contribution in [0.2, 0.25) is 0 Å². The number of allylic oxidation sites excluding steroid dienone is 1. The van der Waals surface area contributed by atoms with E-state index in [0.29, 0.717) is 18.4 Å². The zero-order chi connectivity index (χ0) is 14.0. The molecule has 104 valence electrons. The lowest BCUT2D eigenvalue weighted by molar-refractivity contribution is 0.138. The van der Waals surface area contributed by atoms with Gasteiger partial charge in [-0.3, -0.25) is 4.99 Å². The van der Waals surface area contributed by atoms with Crippen LogP contribution in [-0.4, -0.2) is 19.4 Å². The van der Waals surface area contributed by atoms with Crippen LogP contribution in [0.4, 0.5) is 0 Å². The molecule has 0 spiro atoms. The van der Waals surface area contributed by atoms with Crippen molar-refractivity contribution in [1.82, 2.24) is 0 Å². The van der Waals surface area contributed by atoms with Gasteiger partial charge in [-0.15, -0.1) is 0 Å². The molecule has 0 bridgehead atoms. The fraction of sp³-hybridized carbons (Fsp3) is 0.688. The first-order valence-electron chi connectivity index (χ1n) is 6.97. The zero-order valence-electron chi connectivity index (χ0n) is 12.5. The maximum atomic E-state index is 5.42. The molecule has 0 aromatic rings. The average molecular weight is 251 g/mol. The van der Waals surface area contributed by atoms with Crippen LogP contribution < -0.4 is 0 Å². The summed E-state index contributed by atoms with van der Waals surface area (Å²) in [6.45, 7) is 18.1. The highest BCUT2D eigenvalue weighted by atomic mass is 16.5. The van der Waals surface area contributed by atoms with E-state index in [-0.39, 0.29) is 0 Å². The normalized spacial score (nSPS) is 14.7. The van der Waals surface area contributed by atoms with Gasteiger partial charge >= 0.3 is 0 Å². The van der Waals surface area contributed by atoms with Crippen LogP contribution in [0.3, 0.4) is 0 Å². The molecule has 0 rings (SSSR count). The summed E-state index contributed by atoms with van der Waals surface area (Å²) in [6.07, 6.45) is 5.00. The van der Waals surface area contributed by atoms with E-state index in [2.05, 4.69) is 45.8 Å². The highest BCUT2D eigenvalue weighted by molar-refractivity contribution is 5.66. The quantitative estimate of drug-likeness (QED) is 0.315. The first-order valence-corrected chi connectivity index (χ1v) is 6.97. The van der Waals surface area contributed by atoms with Gasteiger partial charge in [0.2, 0.25) is 0 Å². The summed E-state index contributed by atoms with van der Waals surface area (Å²) in [6, 6.07) is 0. The average Bonchev–Trinajstić information content (AvgIpc) is 2.34. The molecular weight excluding hydrogens is 222 g/mol. The summed E-state index contributed by atoms with van der Waals surface area (Å²) in [5, 5.41) is 0. The van der Waals surface area contributed by atoms with Crippen LogP contribution in [0, 0.1) is 11.8 Å². The monoisotopic (exact) mass is 251 g/mol. The Morgan fingerprint density at radius 3 is 2.44 bits per heavy atom. The Hall–Kier alpha value is -0.890. The third-order valence-electron chi connectivity index (χ3n) is 3.13. The number of hydrogen-bond donors (Lipinski definition) is 0. The summed E-state index contributed by atoms with van der Waals surface area (Å²) in [4.78, 5) is 4.45. The molecule has 2 heteroatoms. The van der Waals surface area contributed by atoms with E-state index >= 15 is 0 Å². The Balaban J connectivity index is 4.15. The van der Waals surface area contributed by atoms with Crippen LogP contribution in [0.25, 0.3) is 0 Å². The molecule has 0 aromatic heterocycles. The summed E-state index contributed by atoms with van der Waals surface area (Å²) in [5.74, 6) is 0.929. The minimum Gasteiger partial charge on any atom is -0.381 e. The predicted octanol–water partition coefficient (Wildman–Crippen LogP) is 4.63. The molecule has 0 saturated heterocycles. The van der Waals surface area contributed by atoms with Crippen molar-refractivity contribution >= 4 is 6.21 Å². The minimum atomic E-state index is 0.350. The van der Waals surface area contributed by atoms with Crippen LogP contribution in [0.1, 0.15) is 47.0 Å². The molecule has 18 heavy (non-hydrogen) atoms. The summed E-state index contributed by atoms with van der Waals surface area (Å²) >= 11 is 0. The third kappa shape index (κ3) is 7.44. The molecule has 0 aromatic carbocycles. The van der Waals surface area contributed by atoms with E-state index < -0.39 is 0 Å². The van der Waals surface area contributed by atoms with Crippen molar-refractivity contribution in [2.75, 3.05) is 13.2 Å². The summed E-state index contributed by atoms with van der Waals surface area (Å²) < 4.78 is 5.42. The standard InChI is InChI=1S/C16H29NO/c1-7-10-18-11-9-15(6)17-12-16(13(3)4)14(5)8-2/h12,14,16H,3,6-11H2,1-2,4-5H3/b17-12+. The Morgan fingerprint density at radius 1 is 1.28 bits per heavy atom. The van der Waals surface area contributed by atoms with Crippen LogP contribution in [0.5, 0.6) is 0 Å². The molecule has 0 N–H and O–H groups in total. The maximum Gasteiger partial charge on any atom is 0.0521 e. The second-order valence-electron chi connectivity index (χ2n) is 4.96. The zero-order valence-corrected chi connectivity index (χ0v) is 12.5. The topological polar surface area (TPSA) is 21.6 Å². The van der Waals surface area contributed by atoms with E-state index in [4.69, 9.17) is 4.74 Å². The highest BCUT2D eigenvalue weighted by Gasteiger charge is 2.13. The van der Waals surface area contributed by atoms with Gasteiger partial charge < -0.3 is 4.74 Å². The third-order valence-corrected chi connectivity index (χ3v) is 3.13. The number of rotatable bonds is 10. The van der Waals surface area contributed by atoms with Crippen molar-refractivity contribution < 1.29 is 4.74 Å². The number of hydrogen-bond acceptors (Lipinski definition) is 2. The second-order valence-corrected chi connectivity index (χ2v) is 4.96. The van der Waals surface area contributed by atoms with E-state index in [0.717, 1.165) is 31.6 Å². The molecule has 0 saturated carbocycles. The molecule has 2 nitrogen and oxygen atoms in total. The van der Waals surface area contributed by atoms with Gasteiger partial charge in [-0.1, -0.05) is 45.9 Å². The number of aliphatic imine (C=N–C) groups is 1. The molecule has 0 aliphatic heterocycles. The molecular formula is C16H29NO. The Labute approximate surface area is 113 Å². The fourth-order valence-electron chi connectivity index (χ4n) is 1.70. The lowest BCUT2D eigenvalue weighted by atomic mass is 9.88. The molecule has 0 aliphatic rings. The van der Waals surface area contributed by atoms with Crippen molar-refractivity contribution in [3.63, 3.8) is 0 Å². The summed E-state index contributed by atoms with van der Waals surface area (Å²) in [7, 11) is 0. The Morgan fingerprint density at radius 2 is 1.94 bits per heavy atom. The van der Waals surface area contributed by atoms with Crippen LogP contribution in [0.15, 0.2) is 29.4 Å². The maximum absolute atomic E-state index is 5.42. The van der Waals surface area contributed by atoms with Crippen LogP contribution >= 0.6 is 0 Å². The smallest absolute Gasteiger partial charge is 0.0521 e. The molecule has 0 fully saturated rings. The minimum absolute atomic E-state index is 0.350. The van der Waals surface area contributed by atoms with Gasteiger partial charge in [0.15, 0.2) is 0 Å². The highest BCUT2D eigenvalue weighted by Crippen LogP contribution is 2.20. The molecule has 2 atom stereocenters. The Kier molecular flexibility index (Phi) is 9.57. The van der Waals surface area contributed by atoms with Gasteiger partial charge in [0.25, 0.3) is 0 Å². The van der Waals surface area contributed by atoms with Gasteiger partial charge in [-0.25, -0.2) is 0 Å². The van der Waals surface area contributed by atoms with Gasteiger partial charge in [0.05, 0.1) is 6.61 Å². The molecule has 0 heterocycles. The largest absolute Gasteiger partial charge is 0.381 e. The van der Waals surface area contributed by atoms with Crippen molar-refractivity contribution in [2.45, 2.75) is 47.0 Å². The fourth-order valence-corrected chi connectivity index (χ4v) is 1.70. The van der Waals surface area contributed by atoms with Crippen molar-refractivity contribution in [3.05, 3.63) is 24.4 Å². The van der Waals surface area contributed by atoms with Gasteiger partial charge in [0, 0.05) is 30.9 Å². The lowest BCUT2D eigenvalue weighted by Gasteiger charge is -2.18. The molecule has 0 aliphatic carbocycles. The lowest BCUT2D eigenvalue weighted by Crippen LogP contribution is -2.13. The van der Waals surface area contributed by atoms with E-state index in [1.165, 1.54) is 5.57 Å². The summed E-state index contributed by atoms with van der Waals surface area (Å²) in [5.41, 5.74) is 2.06. The van der Waals surface area contributed by atoms with E-state index in [9.17, 15) is 0 Å². The molecule has 0 amide bonds.